The monoisotopic (exact) mass is 480 g/mol. The summed E-state index contributed by atoms with van der Waals surface area (Å²) in [5.41, 5.74) is 1.17. The number of imidazole rings is 1. The Bertz CT molecular complexity index is 1180. The van der Waals surface area contributed by atoms with Crippen molar-refractivity contribution in [2.45, 2.75) is 19.4 Å². The highest BCUT2D eigenvalue weighted by Crippen LogP contribution is 2.27. The molecule has 0 bridgehead atoms. The fourth-order valence-corrected chi connectivity index (χ4v) is 4.92. The highest BCUT2D eigenvalue weighted by molar-refractivity contribution is 9.10. The third-order valence-corrected chi connectivity index (χ3v) is 6.18. The van der Waals surface area contributed by atoms with Crippen molar-refractivity contribution in [3.05, 3.63) is 41.0 Å². The highest BCUT2D eigenvalue weighted by Gasteiger charge is 2.26. The molecule has 0 saturated carbocycles. The molecular weight excluding hydrogens is 459 g/mol. The topological polar surface area (TPSA) is 75.8 Å². The first kappa shape index (κ1) is 20.2. The van der Waals surface area contributed by atoms with Crippen molar-refractivity contribution < 1.29 is 8.60 Å². The van der Waals surface area contributed by atoms with Crippen LogP contribution in [-0.2, 0) is 9.73 Å². The summed E-state index contributed by atoms with van der Waals surface area (Å²) in [5, 5.41) is 0. The van der Waals surface area contributed by atoms with Crippen molar-refractivity contribution in [3.63, 3.8) is 0 Å². The summed E-state index contributed by atoms with van der Waals surface area (Å²) >= 11 is 3.22. The maximum atomic E-state index is 13.8. The standard InChI is InChI=1S/C19H22BrFN6OS/c1-12-6-13(25-29(2,3)28)10-26(9-12)17-4-5-22-19(24-17)16-8-23-18-7-15(21)14(20)11-27(16)18/h4-5,7-8,11-13H,6,9-10H2,1-3H3/t12-,13+/m1/s1. The first-order valence-corrected chi connectivity index (χ1v) is 12.4. The Morgan fingerprint density at radius 2 is 2.10 bits per heavy atom. The van der Waals surface area contributed by atoms with Crippen LogP contribution < -0.4 is 4.90 Å². The van der Waals surface area contributed by atoms with Crippen molar-refractivity contribution in [3.8, 4) is 11.5 Å². The van der Waals surface area contributed by atoms with Crippen LogP contribution >= 0.6 is 15.9 Å². The predicted molar refractivity (Wildman–Crippen MR) is 116 cm³/mol. The molecule has 0 aromatic carbocycles. The third-order valence-electron chi connectivity index (χ3n) is 4.79. The Labute approximate surface area is 177 Å². The Morgan fingerprint density at radius 3 is 2.86 bits per heavy atom. The minimum atomic E-state index is -2.16. The van der Waals surface area contributed by atoms with Crippen LogP contribution in [0.4, 0.5) is 10.2 Å². The largest absolute Gasteiger partial charge is 0.354 e. The van der Waals surface area contributed by atoms with Crippen LogP contribution in [0.5, 0.6) is 0 Å². The molecule has 1 aliphatic heterocycles. The van der Waals surface area contributed by atoms with Gasteiger partial charge in [0.15, 0.2) is 5.82 Å². The van der Waals surface area contributed by atoms with Gasteiger partial charge in [-0.05, 0) is 34.3 Å². The van der Waals surface area contributed by atoms with Crippen molar-refractivity contribution in [2.75, 3.05) is 30.5 Å². The summed E-state index contributed by atoms with van der Waals surface area (Å²) < 4.78 is 32.5. The van der Waals surface area contributed by atoms with Gasteiger partial charge in [0.25, 0.3) is 0 Å². The first-order chi connectivity index (χ1) is 13.7. The smallest absolute Gasteiger partial charge is 0.180 e. The number of anilines is 1. The number of pyridine rings is 1. The molecule has 0 amide bonds. The number of piperidine rings is 1. The first-order valence-electron chi connectivity index (χ1n) is 9.26. The second-order valence-electron chi connectivity index (χ2n) is 7.77. The molecule has 3 aromatic rings. The molecule has 154 valence electrons. The fourth-order valence-electron chi connectivity index (χ4n) is 3.73. The number of hydrogen-bond donors (Lipinski definition) is 0. The van der Waals surface area contributed by atoms with Crippen LogP contribution in [-0.4, -0.2) is 55.2 Å². The summed E-state index contributed by atoms with van der Waals surface area (Å²) in [7, 11) is -2.16. The Kier molecular flexibility index (Phi) is 5.32. The number of halogens is 2. The molecule has 10 heteroatoms. The molecule has 0 spiro atoms. The van der Waals surface area contributed by atoms with E-state index in [1.165, 1.54) is 6.07 Å². The second-order valence-corrected chi connectivity index (χ2v) is 11.2. The van der Waals surface area contributed by atoms with Crippen LogP contribution in [0.15, 0.2) is 39.6 Å². The van der Waals surface area contributed by atoms with Gasteiger partial charge in [0.05, 0.1) is 16.7 Å². The molecule has 3 aromatic heterocycles. The van der Waals surface area contributed by atoms with E-state index in [2.05, 4.69) is 42.1 Å². The normalized spacial score (nSPS) is 20.2. The minimum absolute atomic E-state index is 0.00870. The molecule has 1 saturated heterocycles. The van der Waals surface area contributed by atoms with Crippen LogP contribution in [0.1, 0.15) is 13.3 Å². The molecule has 1 aliphatic rings. The summed E-state index contributed by atoms with van der Waals surface area (Å²) in [6.45, 7) is 3.69. The van der Waals surface area contributed by atoms with E-state index >= 15 is 0 Å². The lowest BCUT2D eigenvalue weighted by Crippen LogP contribution is -2.42. The summed E-state index contributed by atoms with van der Waals surface area (Å²) in [6, 6.07) is 3.24. The number of hydrogen-bond acceptors (Lipinski definition) is 6. The fraction of sp³-hybridized carbons (Fsp3) is 0.421. The maximum absolute atomic E-state index is 13.8. The zero-order valence-electron chi connectivity index (χ0n) is 16.4. The van der Waals surface area contributed by atoms with Gasteiger partial charge in [-0.2, -0.15) is 0 Å². The van der Waals surface area contributed by atoms with E-state index in [4.69, 9.17) is 4.98 Å². The van der Waals surface area contributed by atoms with Gasteiger partial charge in [0, 0.05) is 53.8 Å². The van der Waals surface area contributed by atoms with Gasteiger partial charge in [0.1, 0.15) is 23.0 Å². The zero-order chi connectivity index (χ0) is 20.8. The highest BCUT2D eigenvalue weighted by atomic mass is 79.9. The third kappa shape index (κ3) is 4.42. The quantitative estimate of drug-likeness (QED) is 0.571. The summed E-state index contributed by atoms with van der Waals surface area (Å²) in [6.07, 6.45) is 9.24. The molecule has 0 unspecified atom stereocenters. The number of rotatable bonds is 3. The lowest BCUT2D eigenvalue weighted by molar-refractivity contribution is 0.402. The van der Waals surface area contributed by atoms with E-state index < -0.39 is 9.73 Å². The second kappa shape index (κ2) is 7.64. The molecule has 4 heterocycles. The van der Waals surface area contributed by atoms with E-state index in [1.807, 2.05) is 6.07 Å². The van der Waals surface area contributed by atoms with E-state index in [1.54, 1.807) is 35.5 Å². The van der Waals surface area contributed by atoms with E-state index in [-0.39, 0.29) is 11.9 Å². The molecule has 2 atom stereocenters. The van der Waals surface area contributed by atoms with Crippen molar-refractivity contribution in [1.82, 2.24) is 19.4 Å². The van der Waals surface area contributed by atoms with Crippen LogP contribution in [0.2, 0.25) is 0 Å². The molecular formula is C19H22BrFN6OS. The molecule has 4 rings (SSSR count). The van der Waals surface area contributed by atoms with E-state index in [0.29, 0.717) is 34.1 Å². The number of fused-ring (bicyclic) bond motifs is 1. The Morgan fingerprint density at radius 1 is 1.31 bits per heavy atom. The molecule has 1 fully saturated rings. The van der Waals surface area contributed by atoms with Crippen LogP contribution in [0.25, 0.3) is 17.2 Å². The molecule has 0 aliphatic carbocycles. The Balaban J connectivity index is 1.69. The van der Waals surface area contributed by atoms with E-state index in [0.717, 1.165) is 18.8 Å². The average Bonchev–Trinajstić information content (AvgIpc) is 3.03. The van der Waals surface area contributed by atoms with Gasteiger partial charge in [0.2, 0.25) is 0 Å². The Hall–Kier alpha value is -2.07. The van der Waals surface area contributed by atoms with Gasteiger partial charge in [-0.15, -0.1) is 0 Å². The average molecular weight is 481 g/mol. The number of nitrogens with zero attached hydrogens (tertiary/aromatic N) is 6. The maximum Gasteiger partial charge on any atom is 0.180 e. The van der Waals surface area contributed by atoms with Gasteiger partial charge >= 0.3 is 0 Å². The van der Waals surface area contributed by atoms with E-state index in [9.17, 15) is 8.60 Å². The van der Waals surface area contributed by atoms with Crippen molar-refractivity contribution in [1.29, 1.82) is 0 Å². The van der Waals surface area contributed by atoms with Crippen LogP contribution in [0, 0.1) is 11.7 Å². The molecule has 7 nitrogen and oxygen atoms in total. The minimum Gasteiger partial charge on any atom is -0.354 e. The predicted octanol–water partition coefficient (Wildman–Crippen LogP) is 3.64. The number of aromatic nitrogens is 4. The van der Waals surface area contributed by atoms with Crippen molar-refractivity contribution in [2.24, 2.45) is 10.3 Å². The van der Waals surface area contributed by atoms with Crippen LogP contribution in [0.3, 0.4) is 0 Å². The van der Waals surface area contributed by atoms with Gasteiger partial charge in [-0.3, -0.25) is 8.61 Å². The molecule has 29 heavy (non-hydrogen) atoms. The van der Waals surface area contributed by atoms with Gasteiger partial charge in [-0.1, -0.05) is 6.92 Å². The lowest BCUT2D eigenvalue weighted by atomic mass is 9.97. The summed E-state index contributed by atoms with van der Waals surface area (Å²) in [4.78, 5) is 15.6. The summed E-state index contributed by atoms with van der Waals surface area (Å²) in [5.74, 6) is 1.34. The molecule has 0 N–H and O–H groups in total. The SMILES string of the molecule is C[C@@H]1C[C@H](N=S(C)(C)=O)CN(c2ccnc(-c3cnc4cc(F)c(Br)cn34)n2)C1. The lowest BCUT2D eigenvalue weighted by Gasteiger charge is -2.35. The van der Waals surface area contributed by atoms with Crippen molar-refractivity contribution >= 4 is 37.1 Å². The van der Waals surface area contributed by atoms with Gasteiger partial charge < -0.3 is 4.90 Å². The van der Waals surface area contributed by atoms with Gasteiger partial charge in [-0.25, -0.2) is 23.7 Å². The molecule has 0 radical (unpaired) electrons. The zero-order valence-corrected chi connectivity index (χ0v) is 18.8.